The van der Waals surface area contributed by atoms with Crippen LogP contribution >= 0.6 is 0 Å². The summed E-state index contributed by atoms with van der Waals surface area (Å²) in [5, 5.41) is 0. The minimum Gasteiger partial charge on any atom is -0.271 e. The van der Waals surface area contributed by atoms with Crippen molar-refractivity contribution in [3.8, 4) is 0 Å². The zero-order valence-corrected chi connectivity index (χ0v) is 12.9. The maximum atomic E-state index is 5.01. The zero-order chi connectivity index (χ0) is 13.7. The summed E-state index contributed by atoms with van der Waals surface area (Å²) < 4.78 is 0. The first-order valence-corrected chi connectivity index (χ1v) is 6.36. The van der Waals surface area contributed by atoms with Gasteiger partial charge in [0, 0.05) is 6.54 Å². The third kappa shape index (κ3) is 85.5. The van der Waals surface area contributed by atoms with Crippen LogP contribution in [0.15, 0.2) is 11.6 Å². The molecule has 0 rings (SSSR count). The van der Waals surface area contributed by atoms with Crippen LogP contribution in [0, 0.1) is 0 Å². The highest BCUT2D eigenvalue weighted by Crippen LogP contribution is 1.84. The lowest BCUT2D eigenvalue weighted by atomic mass is 10.3. The van der Waals surface area contributed by atoms with Crippen LogP contribution in [0.5, 0.6) is 0 Å². The molecule has 0 bridgehead atoms. The quantitative estimate of drug-likeness (QED) is 0.408. The summed E-state index contributed by atoms with van der Waals surface area (Å²) in [4.78, 5) is 0. The Morgan fingerprint density at radius 1 is 0.933 bits per heavy atom. The average Bonchev–Trinajstić information content (AvgIpc) is 2.39. The molecule has 0 aromatic carbocycles. The standard InChI is InChI=1S/C5H12N2.4C2H6/c1-3-5(2)4-7-6;4*1-2/h3,7H,4,6H2,1-2H3;4*1-2H3/b5-3-;;;;. The molecular weight excluding hydrogens is 184 g/mol. The van der Waals surface area contributed by atoms with E-state index >= 15 is 0 Å². The molecule has 0 radical (unpaired) electrons. The summed E-state index contributed by atoms with van der Waals surface area (Å²) in [7, 11) is 0. The van der Waals surface area contributed by atoms with Crippen molar-refractivity contribution in [3.63, 3.8) is 0 Å². The van der Waals surface area contributed by atoms with Crippen LogP contribution in [0.1, 0.15) is 69.2 Å². The Hall–Kier alpha value is -0.340. The summed E-state index contributed by atoms with van der Waals surface area (Å²) in [5.74, 6) is 5.01. The van der Waals surface area contributed by atoms with E-state index in [9.17, 15) is 0 Å². The van der Waals surface area contributed by atoms with E-state index < -0.39 is 0 Å². The topological polar surface area (TPSA) is 38.0 Å². The maximum Gasteiger partial charge on any atom is 0.0305 e. The number of hydrogen-bond acceptors (Lipinski definition) is 2. The van der Waals surface area contributed by atoms with E-state index in [-0.39, 0.29) is 0 Å². The molecule has 2 nitrogen and oxygen atoms in total. The SMILES string of the molecule is C/C=C(/C)CNN.CC.CC.CC.CC. The van der Waals surface area contributed by atoms with Crippen LogP contribution in [-0.4, -0.2) is 6.54 Å². The summed E-state index contributed by atoms with van der Waals surface area (Å²) in [6.45, 7) is 20.8. The summed E-state index contributed by atoms with van der Waals surface area (Å²) >= 11 is 0. The number of allylic oxidation sites excluding steroid dienone is 1. The Morgan fingerprint density at radius 3 is 1.27 bits per heavy atom. The van der Waals surface area contributed by atoms with Crippen LogP contribution in [0.3, 0.4) is 0 Å². The molecule has 0 aromatic heterocycles. The summed E-state index contributed by atoms with van der Waals surface area (Å²) in [6, 6.07) is 0. The van der Waals surface area contributed by atoms with Crippen LogP contribution in [0.2, 0.25) is 0 Å². The van der Waals surface area contributed by atoms with E-state index in [0.717, 1.165) is 6.54 Å². The predicted octanol–water partition coefficient (Wildman–Crippen LogP) is 4.52. The molecular formula is C13H36N2. The third-order valence-corrected chi connectivity index (χ3v) is 0.874. The molecule has 0 aliphatic heterocycles. The fourth-order valence-corrected chi connectivity index (χ4v) is 0.263. The Bertz CT molecular complexity index is 68.9. The first-order valence-electron chi connectivity index (χ1n) is 6.36. The smallest absolute Gasteiger partial charge is 0.0305 e. The van der Waals surface area contributed by atoms with Crippen LogP contribution in [0.4, 0.5) is 0 Å². The second-order valence-corrected chi connectivity index (χ2v) is 1.52. The van der Waals surface area contributed by atoms with Gasteiger partial charge in [0.15, 0.2) is 0 Å². The number of nitrogens with one attached hydrogen (secondary N) is 1. The number of hydrogen-bond donors (Lipinski definition) is 2. The van der Waals surface area contributed by atoms with Gasteiger partial charge in [0.25, 0.3) is 0 Å². The fraction of sp³-hybridized carbons (Fsp3) is 0.846. The molecule has 15 heavy (non-hydrogen) atoms. The molecule has 2 heteroatoms. The highest BCUT2D eigenvalue weighted by molar-refractivity contribution is 4.96. The van der Waals surface area contributed by atoms with Gasteiger partial charge in [0.2, 0.25) is 0 Å². The number of hydrazine groups is 1. The molecule has 0 aromatic rings. The monoisotopic (exact) mass is 220 g/mol. The molecule has 0 spiro atoms. The van der Waals surface area contributed by atoms with E-state index in [4.69, 9.17) is 5.84 Å². The highest BCUT2D eigenvalue weighted by Gasteiger charge is 1.78. The first-order chi connectivity index (χ1) is 7.31. The van der Waals surface area contributed by atoms with Crippen LogP contribution < -0.4 is 11.3 Å². The fourth-order valence-electron chi connectivity index (χ4n) is 0.263. The molecule has 3 N–H and O–H groups in total. The normalized spacial score (nSPS) is 7.27. The molecule has 0 unspecified atom stereocenters. The molecule has 0 aliphatic carbocycles. The Labute approximate surface area is 99.3 Å². The van der Waals surface area contributed by atoms with Crippen molar-refractivity contribution in [3.05, 3.63) is 11.6 Å². The molecule has 0 atom stereocenters. The summed E-state index contributed by atoms with van der Waals surface area (Å²) in [5.41, 5.74) is 3.82. The minimum atomic E-state index is 0.788. The van der Waals surface area contributed by atoms with Crippen molar-refractivity contribution in [2.45, 2.75) is 69.2 Å². The van der Waals surface area contributed by atoms with Crippen molar-refractivity contribution in [1.82, 2.24) is 5.43 Å². The van der Waals surface area contributed by atoms with Crippen molar-refractivity contribution in [1.29, 1.82) is 0 Å². The van der Waals surface area contributed by atoms with Gasteiger partial charge < -0.3 is 0 Å². The Morgan fingerprint density at radius 2 is 1.20 bits per heavy atom. The average molecular weight is 220 g/mol. The van der Waals surface area contributed by atoms with E-state index in [1.807, 2.05) is 75.3 Å². The highest BCUT2D eigenvalue weighted by atomic mass is 15.2. The van der Waals surface area contributed by atoms with Gasteiger partial charge in [-0.15, -0.1) is 0 Å². The van der Waals surface area contributed by atoms with Gasteiger partial charge >= 0.3 is 0 Å². The second-order valence-electron chi connectivity index (χ2n) is 1.52. The van der Waals surface area contributed by atoms with Crippen molar-refractivity contribution < 1.29 is 0 Å². The van der Waals surface area contributed by atoms with Gasteiger partial charge in [-0.1, -0.05) is 67.0 Å². The molecule has 0 heterocycles. The van der Waals surface area contributed by atoms with Crippen molar-refractivity contribution in [2.24, 2.45) is 5.84 Å². The molecule has 0 aliphatic rings. The van der Waals surface area contributed by atoms with Crippen LogP contribution in [0.25, 0.3) is 0 Å². The van der Waals surface area contributed by atoms with E-state index in [0.29, 0.717) is 0 Å². The van der Waals surface area contributed by atoms with Gasteiger partial charge in [0.05, 0.1) is 0 Å². The largest absolute Gasteiger partial charge is 0.271 e. The lowest BCUT2D eigenvalue weighted by molar-refractivity contribution is 0.795. The van der Waals surface area contributed by atoms with Gasteiger partial charge in [-0.3, -0.25) is 11.3 Å². The van der Waals surface area contributed by atoms with Crippen LogP contribution in [-0.2, 0) is 0 Å². The maximum absolute atomic E-state index is 5.01. The van der Waals surface area contributed by atoms with Gasteiger partial charge in [-0.2, -0.15) is 0 Å². The zero-order valence-electron chi connectivity index (χ0n) is 12.9. The predicted molar refractivity (Wildman–Crippen MR) is 77.0 cm³/mol. The Balaban J connectivity index is -0.0000000353. The first kappa shape index (κ1) is 29.3. The third-order valence-electron chi connectivity index (χ3n) is 0.874. The Kier molecular flexibility index (Phi) is 134. The number of rotatable bonds is 2. The lowest BCUT2D eigenvalue weighted by Gasteiger charge is -1.93. The van der Waals surface area contributed by atoms with E-state index in [2.05, 4.69) is 5.43 Å². The van der Waals surface area contributed by atoms with Gasteiger partial charge in [-0.05, 0) is 13.8 Å². The van der Waals surface area contributed by atoms with Crippen molar-refractivity contribution >= 4 is 0 Å². The van der Waals surface area contributed by atoms with E-state index in [1.165, 1.54) is 5.57 Å². The van der Waals surface area contributed by atoms with E-state index in [1.54, 1.807) is 0 Å². The molecule has 0 saturated carbocycles. The second kappa shape index (κ2) is 68.3. The van der Waals surface area contributed by atoms with Gasteiger partial charge in [-0.25, -0.2) is 0 Å². The molecule has 0 fully saturated rings. The molecule has 0 saturated heterocycles. The lowest BCUT2D eigenvalue weighted by Crippen LogP contribution is -2.23. The molecule has 98 valence electrons. The van der Waals surface area contributed by atoms with Crippen molar-refractivity contribution in [2.75, 3.05) is 6.54 Å². The van der Waals surface area contributed by atoms with Gasteiger partial charge in [0.1, 0.15) is 0 Å². The summed E-state index contributed by atoms with van der Waals surface area (Å²) in [6.07, 6.45) is 2.03. The minimum absolute atomic E-state index is 0.788. The number of nitrogens with two attached hydrogens (primary N) is 1. The molecule has 0 amide bonds.